The Labute approximate surface area is 121 Å². The fourth-order valence-corrected chi connectivity index (χ4v) is 2.26. The van der Waals surface area contributed by atoms with Crippen molar-refractivity contribution in [3.63, 3.8) is 0 Å². The normalized spacial score (nSPS) is 10.3. The number of hydrogen-bond acceptors (Lipinski definition) is 6. The first-order valence-corrected chi connectivity index (χ1v) is 7.07. The summed E-state index contributed by atoms with van der Waals surface area (Å²) < 4.78 is 5.51. The van der Waals surface area contributed by atoms with Crippen molar-refractivity contribution in [2.75, 3.05) is 11.9 Å². The summed E-state index contributed by atoms with van der Waals surface area (Å²) in [6.45, 7) is 2.29. The second-order valence-corrected chi connectivity index (χ2v) is 5.07. The van der Waals surface area contributed by atoms with Crippen LogP contribution in [0, 0.1) is 0 Å². The molecular weight excluding hydrogens is 276 g/mol. The highest BCUT2D eigenvalue weighted by Crippen LogP contribution is 2.18. The molecule has 1 amide bonds. The van der Waals surface area contributed by atoms with E-state index < -0.39 is 0 Å². The van der Waals surface area contributed by atoms with Crippen molar-refractivity contribution >= 4 is 22.4 Å². The van der Waals surface area contributed by atoms with Gasteiger partial charge < -0.3 is 10.5 Å². The third kappa shape index (κ3) is 3.75. The van der Waals surface area contributed by atoms with Gasteiger partial charge in [0.2, 0.25) is 5.13 Å². The lowest BCUT2D eigenvalue weighted by atomic mass is 10.1. The van der Waals surface area contributed by atoms with Crippen LogP contribution in [0.2, 0.25) is 0 Å². The molecule has 0 saturated carbocycles. The number of amides is 1. The summed E-state index contributed by atoms with van der Waals surface area (Å²) in [5.74, 6) is 0.459. The summed E-state index contributed by atoms with van der Waals surface area (Å²) in [4.78, 5) is 11.8. The maximum absolute atomic E-state index is 11.8. The highest BCUT2D eigenvalue weighted by Gasteiger charge is 2.09. The predicted molar refractivity (Wildman–Crippen MR) is 77.7 cm³/mol. The molecule has 6 nitrogen and oxygen atoms in total. The van der Waals surface area contributed by atoms with Gasteiger partial charge in [-0.25, -0.2) is 0 Å². The number of nitrogens with two attached hydrogens (primary N) is 1. The maximum atomic E-state index is 11.8. The summed E-state index contributed by atoms with van der Waals surface area (Å²) in [6, 6.07) is 7.65. The Kier molecular flexibility index (Phi) is 5.03. The average molecular weight is 292 g/mol. The van der Waals surface area contributed by atoms with E-state index in [1.165, 1.54) is 11.3 Å². The number of benzene rings is 1. The number of aryl methyl sites for hydroxylation is 1. The predicted octanol–water partition coefficient (Wildman–Crippen LogP) is 1.58. The number of nitrogens with zero attached hydrogens (tertiary/aromatic N) is 2. The molecule has 0 bridgehead atoms. The molecule has 0 aliphatic carbocycles. The quantitative estimate of drug-likeness (QED) is 0.843. The minimum atomic E-state index is -0.268. The molecule has 1 aromatic carbocycles. The molecule has 0 saturated heterocycles. The van der Waals surface area contributed by atoms with Crippen LogP contribution < -0.4 is 15.8 Å². The van der Waals surface area contributed by atoms with Crippen molar-refractivity contribution in [2.24, 2.45) is 5.73 Å². The van der Waals surface area contributed by atoms with Gasteiger partial charge in [-0.3, -0.25) is 10.1 Å². The molecule has 0 fully saturated rings. The zero-order valence-electron chi connectivity index (χ0n) is 11.1. The van der Waals surface area contributed by atoms with E-state index in [1.54, 1.807) is 0 Å². The topological polar surface area (TPSA) is 90.1 Å². The first kappa shape index (κ1) is 14.4. The van der Waals surface area contributed by atoms with Gasteiger partial charge in [0.15, 0.2) is 6.61 Å². The van der Waals surface area contributed by atoms with Crippen molar-refractivity contribution in [3.8, 4) is 5.75 Å². The highest BCUT2D eigenvalue weighted by molar-refractivity contribution is 7.15. The summed E-state index contributed by atoms with van der Waals surface area (Å²) >= 11 is 1.26. The molecule has 0 unspecified atom stereocenters. The standard InChI is InChI=1S/C13H16N4O2S/c1-2-9-5-3-4-6-10(9)19-8-11(18)15-13-17-16-12(7-14)20-13/h3-6H,2,7-8,14H2,1H3,(H,15,17,18). The van der Waals surface area contributed by atoms with Gasteiger partial charge >= 0.3 is 0 Å². The number of para-hydroxylation sites is 1. The summed E-state index contributed by atoms with van der Waals surface area (Å²) in [5, 5.41) is 11.4. The Morgan fingerprint density at radius 2 is 2.20 bits per heavy atom. The van der Waals surface area contributed by atoms with Crippen LogP contribution in [0.25, 0.3) is 0 Å². The van der Waals surface area contributed by atoms with E-state index in [4.69, 9.17) is 10.5 Å². The monoisotopic (exact) mass is 292 g/mol. The SMILES string of the molecule is CCc1ccccc1OCC(=O)Nc1nnc(CN)s1. The van der Waals surface area contributed by atoms with Crippen molar-refractivity contribution in [1.29, 1.82) is 0 Å². The molecule has 3 N–H and O–H groups in total. The lowest BCUT2D eigenvalue weighted by molar-refractivity contribution is -0.118. The summed E-state index contributed by atoms with van der Waals surface area (Å²) in [6.07, 6.45) is 0.855. The second kappa shape index (κ2) is 6.97. The maximum Gasteiger partial charge on any atom is 0.264 e. The number of hydrogen-bond donors (Lipinski definition) is 2. The number of nitrogens with one attached hydrogen (secondary N) is 1. The van der Waals surface area contributed by atoms with Gasteiger partial charge in [-0.05, 0) is 18.1 Å². The molecule has 2 rings (SSSR count). The third-order valence-corrected chi connectivity index (χ3v) is 3.46. The van der Waals surface area contributed by atoms with Crippen LogP contribution in [0.5, 0.6) is 5.75 Å². The van der Waals surface area contributed by atoms with Crippen LogP contribution in [0.3, 0.4) is 0 Å². The number of aromatic nitrogens is 2. The molecule has 7 heteroatoms. The largest absolute Gasteiger partial charge is 0.483 e. The van der Waals surface area contributed by atoms with Gasteiger partial charge in [-0.15, -0.1) is 10.2 Å². The van der Waals surface area contributed by atoms with Crippen LogP contribution in [0.15, 0.2) is 24.3 Å². The zero-order valence-corrected chi connectivity index (χ0v) is 11.9. The van der Waals surface area contributed by atoms with Crippen LogP contribution in [0.1, 0.15) is 17.5 Å². The fraction of sp³-hybridized carbons (Fsp3) is 0.308. The Morgan fingerprint density at radius 3 is 2.90 bits per heavy atom. The van der Waals surface area contributed by atoms with E-state index in [0.717, 1.165) is 17.7 Å². The zero-order chi connectivity index (χ0) is 14.4. The van der Waals surface area contributed by atoms with E-state index in [1.807, 2.05) is 31.2 Å². The molecular formula is C13H16N4O2S. The summed E-state index contributed by atoms with van der Waals surface area (Å²) in [7, 11) is 0. The minimum absolute atomic E-state index is 0.0610. The van der Waals surface area contributed by atoms with Crippen molar-refractivity contribution in [1.82, 2.24) is 10.2 Å². The van der Waals surface area contributed by atoms with E-state index in [-0.39, 0.29) is 12.5 Å². The van der Waals surface area contributed by atoms with Gasteiger partial charge in [-0.1, -0.05) is 36.5 Å². The van der Waals surface area contributed by atoms with Crippen LogP contribution in [-0.2, 0) is 17.8 Å². The molecule has 0 atom stereocenters. The van der Waals surface area contributed by atoms with Crippen LogP contribution >= 0.6 is 11.3 Å². The fourth-order valence-electron chi connectivity index (χ4n) is 1.62. The molecule has 0 aliphatic rings. The second-order valence-electron chi connectivity index (χ2n) is 4.00. The van der Waals surface area contributed by atoms with Crippen LogP contribution in [0.4, 0.5) is 5.13 Å². The minimum Gasteiger partial charge on any atom is -0.483 e. The van der Waals surface area contributed by atoms with E-state index >= 15 is 0 Å². The molecule has 2 aromatic rings. The van der Waals surface area contributed by atoms with Gasteiger partial charge in [-0.2, -0.15) is 0 Å². The summed E-state index contributed by atoms with van der Waals surface area (Å²) in [5.41, 5.74) is 6.50. The Balaban J connectivity index is 1.88. The highest BCUT2D eigenvalue weighted by atomic mass is 32.1. The molecule has 1 aromatic heterocycles. The number of anilines is 1. The molecule has 1 heterocycles. The Bertz CT molecular complexity index is 585. The number of rotatable bonds is 6. The van der Waals surface area contributed by atoms with Gasteiger partial charge in [0.1, 0.15) is 10.8 Å². The smallest absolute Gasteiger partial charge is 0.264 e. The Morgan fingerprint density at radius 1 is 1.40 bits per heavy atom. The van der Waals surface area contributed by atoms with E-state index in [2.05, 4.69) is 15.5 Å². The van der Waals surface area contributed by atoms with E-state index in [0.29, 0.717) is 16.7 Å². The van der Waals surface area contributed by atoms with Gasteiger partial charge in [0, 0.05) is 6.54 Å². The van der Waals surface area contributed by atoms with Crippen molar-refractivity contribution in [3.05, 3.63) is 34.8 Å². The lowest BCUT2D eigenvalue weighted by Gasteiger charge is -2.09. The van der Waals surface area contributed by atoms with E-state index in [9.17, 15) is 4.79 Å². The third-order valence-electron chi connectivity index (χ3n) is 2.60. The van der Waals surface area contributed by atoms with Gasteiger partial charge in [0.25, 0.3) is 5.91 Å². The number of ether oxygens (including phenoxy) is 1. The average Bonchev–Trinajstić information content (AvgIpc) is 2.93. The van der Waals surface area contributed by atoms with Gasteiger partial charge in [0.05, 0.1) is 0 Å². The Hall–Kier alpha value is -1.99. The molecule has 106 valence electrons. The lowest BCUT2D eigenvalue weighted by Crippen LogP contribution is -2.20. The molecule has 0 radical (unpaired) electrons. The van der Waals surface area contributed by atoms with Crippen LogP contribution in [-0.4, -0.2) is 22.7 Å². The first-order chi connectivity index (χ1) is 9.72. The molecule has 0 aliphatic heterocycles. The first-order valence-electron chi connectivity index (χ1n) is 6.26. The number of carbonyl (C=O) groups is 1. The van der Waals surface area contributed by atoms with Crippen molar-refractivity contribution < 1.29 is 9.53 Å². The number of carbonyl (C=O) groups excluding carboxylic acids is 1. The van der Waals surface area contributed by atoms with Crippen molar-refractivity contribution in [2.45, 2.75) is 19.9 Å². The molecule has 0 spiro atoms. The molecule has 20 heavy (non-hydrogen) atoms.